The first kappa shape index (κ1) is 18.7. The summed E-state index contributed by atoms with van der Waals surface area (Å²) in [4.78, 5) is 17.6. The Morgan fingerprint density at radius 2 is 1.67 bits per heavy atom. The minimum atomic E-state index is -0.599. The van der Waals surface area contributed by atoms with E-state index >= 15 is 0 Å². The molecule has 0 radical (unpaired) electrons. The van der Waals surface area contributed by atoms with Gasteiger partial charge in [0.25, 0.3) is 0 Å². The SMILES string of the molecule is O=c1oc2ccccc2c(O)c1C(Sc1nc2ccccc2s1)c1ccc(O)cc1. The minimum absolute atomic E-state index is 0.103. The molecule has 5 rings (SSSR count). The van der Waals surface area contributed by atoms with Crippen LogP contribution in [-0.4, -0.2) is 15.2 Å². The lowest BCUT2D eigenvalue weighted by atomic mass is 10.0. The molecule has 5 nitrogen and oxygen atoms in total. The molecule has 0 bridgehead atoms. The second kappa shape index (κ2) is 7.51. The number of benzene rings is 3. The summed E-state index contributed by atoms with van der Waals surface area (Å²) in [7, 11) is 0. The number of nitrogens with zero attached hydrogens (tertiary/aromatic N) is 1. The summed E-state index contributed by atoms with van der Waals surface area (Å²) < 4.78 is 7.31. The van der Waals surface area contributed by atoms with E-state index < -0.39 is 10.9 Å². The van der Waals surface area contributed by atoms with Gasteiger partial charge in [0, 0.05) is 0 Å². The van der Waals surface area contributed by atoms with Crippen LogP contribution < -0.4 is 5.63 Å². The van der Waals surface area contributed by atoms with E-state index in [9.17, 15) is 15.0 Å². The normalized spacial score (nSPS) is 12.4. The van der Waals surface area contributed by atoms with Crippen LogP contribution >= 0.6 is 23.1 Å². The van der Waals surface area contributed by atoms with Crippen molar-refractivity contribution >= 4 is 44.3 Å². The Kier molecular flexibility index (Phi) is 4.69. The third kappa shape index (κ3) is 3.32. The number of thioether (sulfide) groups is 1. The van der Waals surface area contributed by atoms with Gasteiger partial charge in [0.1, 0.15) is 17.1 Å². The molecule has 30 heavy (non-hydrogen) atoms. The number of phenols is 1. The topological polar surface area (TPSA) is 83.6 Å². The number of hydrogen-bond acceptors (Lipinski definition) is 7. The molecule has 2 aromatic heterocycles. The molecule has 0 spiro atoms. The van der Waals surface area contributed by atoms with Crippen LogP contribution in [0.1, 0.15) is 16.4 Å². The fraction of sp³-hybridized carbons (Fsp3) is 0.0435. The highest BCUT2D eigenvalue weighted by Crippen LogP contribution is 2.46. The molecule has 148 valence electrons. The van der Waals surface area contributed by atoms with Gasteiger partial charge in [-0.25, -0.2) is 9.78 Å². The van der Waals surface area contributed by atoms with Crippen molar-refractivity contribution in [2.24, 2.45) is 0 Å². The molecule has 0 aliphatic heterocycles. The molecule has 5 aromatic rings. The Bertz CT molecular complexity index is 1390. The minimum Gasteiger partial charge on any atom is -0.508 e. The number of fused-ring (bicyclic) bond motifs is 2. The predicted octanol–water partition coefficient (Wildman–Crippen LogP) is 5.70. The number of phenolic OH excluding ortho intramolecular Hbond substituents is 1. The van der Waals surface area contributed by atoms with Gasteiger partial charge in [-0.05, 0) is 42.0 Å². The van der Waals surface area contributed by atoms with Crippen molar-refractivity contribution in [3.63, 3.8) is 0 Å². The number of aromatic nitrogens is 1. The Balaban J connectivity index is 1.69. The molecule has 1 atom stereocenters. The maximum atomic E-state index is 12.9. The quantitative estimate of drug-likeness (QED) is 0.280. The Morgan fingerprint density at radius 3 is 2.47 bits per heavy atom. The number of aromatic hydroxyl groups is 2. The number of thiazole rings is 1. The van der Waals surface area contributed by atoms with Crippen LogP contribution in [0.5, 0.6) is 11.5 Å². The zero-order valence-corrected chi connectivity index (χ0v) is 17.1. The van der Waals surface area contributed by atoms with Crippen LogP contribution in [0.3, 0.4) is 0 Å². The first-order valence-corrected chi connectivity index (χ1v) is 10.9. The summed E-state index contributed by atoms with van der Waals surface area (Å²) in [5.41, 5.74) is 1.51. The van der Waals surface area contributed by atoms with E-state index in [1.54, 1.807) is 48.5 Å². The van der Waals surface area contributed by atoms with Gasteiger partial charge in [0.15, 0.2) is 4.34 Å². The predicted molar refractivity (Wildman–Crippen MR) is 120 cm³/mol. The smallest absolute Gasteiger partial charge is 0.344 e. The maximum absolute atomic E-state index is 12.9. The van der Waals surface area contributed by atoms with E-state index in [1.165, 1.54) is 23.1 Å². The Morgan fingerprint density at radius 1 is 0.933 bits per heavy atom. The van der Waals surface area contributed by atoms with Gasteiger partial charge < -0.3 is 14.6 Å². The van der Waals surface area contributed by atoms with E-state index in [0.29, 0.717) is 11.0 Å². The lowest BCUT2D eigenvalue weighted by molar-refractivity contribution is 0.458. The molecular formula is C23H15NO4S2. The van der Waals surface area contributed by atoms with Gasteiger partial charge in [-0.15, -0.1) is 11.3 Å². The van der Waals surface area contributed by atoms with Gasteiger partial charge in [-0.3, -0.25) is 0 Å². The van der Waals surface area contributed by atoms with Gasteiger partial charge in [-0.1, -0.05) is 48.2 Å². The summed E-state index contributed by atoms with van der Waals surface area (Å²) in [5.74, 6) is 0.0193. The standard InChI is InChI=1S/C23H15NO4S2/c25-14-11-9-13(10-12-14)21(30-23-24-16-6-2-4-8-18(16)29-23)19-20(26)15-5-1-3-7-17(15)28-22(19)27/h1-12,21,25-26H. The second-order valence-electron chi connectivity index (χ2n) is 6.68. The van der Waals surface area contributed by atoms with Crippen molar-refractivity contribution in [3.05, 3.63) is 94.3 Å². The van der Waals surface area contributed by atoms with Crippen LogP contribution in [0.15, 0.2) is 86.3 Å². The average Bonchev–Trinajstić information content (AvgIpc) is 3.16. The summed E-state index contributed by atoms with van der Waals surface area (Å²) in [6, 6.07) is 21.3. The lowest BCUT2D eigenvalue weighted by Crippen LogP contribution is -2.12. The van der Waals surface area contributed by atoms with Crippen molar-refractivity contribution in [1.29, 1.82) is 0 Å². The fourth-order valence-corrected chi connectivity index (χ4v) is 5.74. The van der Waals surface area contributed by atoms with Crippen molar-refractivity contribution in [1.82, 2.24) is 4.98 Å². The van der Waals surface area contributed by atoms with E-state index in [2.05, 4.69) is 4.98 Å². The zero-order valence-electron chi connectivity index (χ0n) is 15.5. The molecule has 2 heterocycles. The van der Waals surface area contributed by atoms with Crippen molar-refractivity contribution in [2.75, 3.05) is 0 Å². The highest BCUT2D eigenvalue weighted by atomic mass is 32.2. The largest absolute Gasteiger partial charge is 0.508 e. The van der Waals surface area contributed by atoms with E-state index in [1.807, 2.05) is 24.3 Å². The van der Waals surface area contributed by atoms with Crippen LogP contribution in [0.25, 0.3) is 21.2 Å². The highest BCUT2D eigenvalue weighted by Gasteiger charge is 2.27. The molecule has 2 N–H and O–H groups in total. The number of hydrogen-bond donors (Lipinski definition) is 2. The molecule has 0 saturated carbocycles. The number of para-hydroxylation sites is 2. The first-order chi connectivity index (χ1) is 14.6. The Hall–Kier alpha value is -3.29. The van der Waals surface area contributed by atoms with Crippen LogP contribution in [0.2, 0.25) is 0 Å². The molecule has 7 heteroatoms. The van der Waals surface area contributed by atoms with Crippen molar-refractivity contribution < 1.29 is 14.6 Å². The van der Waals surface area contributed by atoms with E-state index in [4.69, 9.17) is 4.42 Å². The van der Waals surface area contributed by atoms with Crippen LogP contribution in [-0.2, 0) is 0 Å². The summed E-state index contributed by atoms with van der Waals surface area (Å²) in [5, 5.41) is 20.6. The van der Waals surface area contributed by atoms with Crippen molar-refractivity contribution in [2.45, 2.75) is 9.59 Å². The first-order valence-electron chi connectivity index (χ1n) is 9.16. The van der Waals surface area contributed by atoms with Gasteiger partial charge >= 0.3 is 5.63 Å². The van der Waals surface area contributed by atoms with Crippen molar-refractivity contribution in [3.8, 4) is 11.5 Å². The van der Waals surface area contributed by atoms with Crippen LogP contribution in [0, 0.1) is 0 Å². The Labute approximate surface area is 179 Å². The highest BCUT2D eigenvalue weighted by molar-refractivity contribution is 8.01. The number of rotatable bonds is 4. The third-order valence-electron chi connectivity index (χ3n) is 4.77. The molecule has 3 aromatic carbocycles. The molecular weight excluding hydrogens is 418 g/mol. The van der Waals surface area contributed by atoms with Crippen LogP contribution in [0.4, 0.5) is 0 Å². The average molecular weight is 434 g/mol. The maximum Gasteiger partial charge on any atom is 0.344 e. The fourth-order valence-electron chi connectivity index (χ4n) is 3.32. The molecule has 0 aliphatic carbocycles. The van der Waals surface area contributed by atoms with Gasteiger partial charge in [0.05, 0.1) is 26.4 Å². The summed E-state index contributed by atoms with van der Waals surface area (Å²) >= 11 is 2.89. The summed E-state index contributed by atoms with van der Waals surface area (Å²) in [6.07, 6.45) is 0. The summed E-state index contributed by atoms with van der Waals surface area (Å²) in [6.45, 7) is 0. The van der Waals surface area contributed by atoms with Gasteiger partial charge in [0.2, 0.25) is 0 Å². The molecule has 0 aliphatic rings. The molecule has 1 unspecified atom stereocenters. The van der Waals surface area contributed by atoms with E-state index in [-0.39, 0.29) is 17.1 Å². The van der Waals surface area contributed by atoms with E-state index in [0.717, 1.165) is 20.1 Å². The second-order valence-corrected chi connectivity index (χ2v) is 9.07. The van der Waals surface area contributed by atoms with Gasteiger partial charge in [-0.2, -0.15) is 0 Å². The monoisotopic (exact) mass is 433 g/mol. The molecule has 0 amide bonds. The molecule has 0 saturated heterocycles. The lowest BCUT2D eigenvalue weighted by Gasteiger charge is -2.17. The molecule has 0 fully saturated rings. The third-order valence-corrected chi connectivity index (χ3v) is 7.18. The zero-order chi connectivity index (χ0) is 20.7.